The first-order valence-electron chi connectivity index (χ1n) is 7.74. The standard InChI is InChI=1S/C17H18N2O6S/c1-13(2)25-17(20)12-18(14-8-4-3-5-9-14)26(23,24)16-11-7-6-10-15(16)19(21)22/h3-11,13H,12H2,1-2H3. The predicted molar refractivity (Wildman–Crippen MR) is 95.3 cm³/mol. The molecule has 0 aliphatic rings. The van der Waals surface area contributed by atoms with Gasteiger partial charge in [-0.15, -0.1) is 0 Å². The number of benzene rings is 2. The number of nitro benzene ring substituents is 1. The highest BCUT2D eigenvalue weighted by atomic mass is 32.2. The molecular weight excluding hydrogens is 360 g/mol. The van der Waals surface area contributed by atoms with Crippen LogP contribution in [0.1, 0.15) is 13.8 Å². The molecule has 0 fully saturated rings. The lowest BCUT2D eigenvalue weighted by atomic mass is 10.3. The van der Waals surface area contributed by atoms with Gasteiger partial charge in [-0.2, -0.15) is 0 Å². The minimum absolute atomic E-state index is 0.200. The lowest BCUT2D eigenvalue weighted by molar-refractivity contribution is -0.387. The largest absolute Gasteiger partial charge is 0.462 e. The molecule has 2 rings (SSSR count). The van der Waals surface area contributed by atoms with Gasteiger partial charge in [0.05, 0.1) is 16.7 Å². The van der Waals surface area contributed by atoms with Crippen LogP contribution in [0.2, 0.25) is 0 Å². The van der Waals surface area contributed by atoms with Gasteiger partial charge in [0.2, 0.25) is 0 Å². The molecule has 8 nitrogen and oxygen atoms in total. The van der Waals surface area contributed by atoms with Gasteiger partial charge in [0.1, 0.15) is 6.54 Å². The minimum Gasteiger partial charge on any atom is -0.462 e. The van der Waals surface area contributed by atoms with E-state index in [2.05, 4.69) is 0 Å². The second-order valence-electron chi connectivity index (χ2n) is 5.61. The molecule has 0 N–H and O–H groups in total. The number of carbonyl (C=O) groups is 1. The molecule has 0 saturated carbocycles. The molecule has 2 aromatic carbocycles. The van der Waals surface area contributed by atoms with Crippen LogP contribution in [0.3, 0.4) is 0 Å². The van der Waals surface area contributed by atoms with Gasteiger partial charge in [0, 0.05) is 6.07 Å². The fourth-order valence-electron chi connectivity index (χ4n) is 2.27. The second kappa shape index (κ2) is 7.96. The highest BCUT2D eigenvalue weighted by Crippen LogP contribution is 2.29. The van der Waals surface area contributed by atoms with Gasteiger partial charge >= 0.3 is 5.97 Å². The van der Waals surface area contributed by atoms with E-state index in [1.807, 2.05) is 0 Å². The Morgan fingerprint density at radius 3 is 2.27 bits per heavy atom. The summed E-state index contributed by atoms with van der Waals surface area (Å²) < 4.78 is 32.0. The molecular formula is C17H18N2O6S. The van der Waals surface area contributed by atoms with Crippen molar-refractivity contribution in [2.75, 3.05) is 10.8 Å². The lowest BCUT2D eigenvalue weighted by Crippen LogP contribution is -2.37. The maximum atomic E-state index is 13.1. The number of hydrogen-bond acceptors (Lipinski definition) is 6. The van der Waals surface area contributed by atoms with Crippen molar-refractivity contribution >= 4 is 27.4 Å². The van der Waals surface area contributed by atoms with E-state index in [0.717, 1.165) is 16.4 Å². The maximum absolute atomic E-state index is 13.1. The first-order chi connectivity index (χ1) is 12.2. The highest BCUT2D eigenvalue weighted by Gasteiger charge is 2.33. The quantitative estimate of drug-likeness (QED) is 0.416. The van der Waals surface area contributed by atoms with Gasteiger partial charge < -0.3 is 4.74 Å². The molecule has 0 aliphatic carbocycles. The summed E-state index contributed by atoms with van der Waals surface area (Å²) in [6.07, 6.45) is -0.422. The molecule has 0 aliphatic heterocycles. The van der Waals surface area contributed by atoms with Crippen molar-refractivity contribution in [1.82, 2.24) is 0 Å². The smallest absolute Gasteiger partial charge is 0.327 e. The van der Waals surface area contributed by atoms with E-state index in [4.69, 9.17) is 4.74 Å². The Bertz CT molecular complexity index is 896. The van der Waals surface area contributed by atoms with Crippen LogP contribution in [0.5, 0.6) is 0 Å². The average Bonchev–Trinajstić information content (AvgIpc) is 2.59. The third kappa shape index (κ3) is 4.37. The fraction of sp³-hybridized carbons (Fsp3) is 0.235. The minimum atomic E-state index is -4.37. The third-order valence-corrected chi connectivity index (χ3v) is 5.14. The number of esters is 1. The Morgan fingerprint density at radius 2 is 1.69 bits per heavy atom. The Labute approximate surface area is 151 Å². The Hall–Kier alpha value is -2.94. The number of nitro groups is 1. The van der Waals surface area contributed by atoms with Crippen molar-refractivity contribution in [1.29, 1.82) is 0 Å². The van der Waals surface area contributed by atoms with Crippen molar-refractivity contribution < 1.29 is 22.9 Å². The van der Waals surface area contributed by atoms with E-state index < -0.39 is 44.1 Å². The van der Waals surface area contributed by atoms with Crippen LogP contribution in [0.4, 0.5) is 11.4 Å². The summed E-state index contributed by atoms with van der Waals surface area (Å²) in [5, 5.41) is 11.2. The Kier molecular flexibility index (Phi) is 5.93. The van der Waals surface area contributed by atoms with E-state index in [1.54, 1.807) is 32.0 Å². The van der Waals surface area contributed by atoms with Crippen LogP contribution in [-0.2, 0) is 19.6 Å². The first-order valence-corrected chi connectivity index (χ1v) is 9.18. The first kappa shape index (κ1) is 19.4. The SMILES string of the molecule is CC(C)OC(=O)CN(c1ccccc1)S(=O)(=O)c1ccccc1[N+](=O)[O-]. The van der Waals surface area contributed by atoms with E-state index in [0.29, 0.717) is 0 Å². The molecule has 2 aromatic rings. The van der Waals surface area contributed by atoms with Crippen LogP contribution >= 0.6 is 0 Å². The second-order valence-corrected chi connectivity index (χ2v) is 7.44. The molecule has 26 heavy (non-hydrogen) atoms. The summed E-state index contributed by atoms with van der Waals surface area (Å²) >= 11 is 0. The average molecular weight is 378 g/mol. The molecule has 0 heterocycles. The number of nitrogens with zero attached hydrogens (tertiary/aromatic N) is 2. The number of sulfonamides is 1. The summed E-state index contributed by atoms with van der Waals surface area (Å²) in [4.78, 5) is 22.0. The Balaban J connectivity index is 2.54. The summed E-state index contributed by atoms with van der Waals surface area (Å²) in [5.41, 5.74) is -0.364. The number of ether oxygens (including phenoxy) is 1. The predicted octanol–water partition coefficient (Wildman–Crippen LogP) is 2.74. The molecule has 0 spiro atoms. The number of rotatable bonds is 7. The highest BCUT2D eigenvalue weighted by molar-refractivity contribution is 7.93. The fourth-order valence-corrected chi connectivity index (χ4v) is 3.84. The van der Waals surface area contributed by atoms with Gasteiger partial charge in [-0.05, 0) is 32.0 Å². The van der Waals surface area contributed by atoms with Crippen molar-refractivity contribution in [3.05, 3.63) is 64.7 Å². The molecule has 0 unspecified atom stereocenters. The van der Waals surface area contributed by atoms with Crippen LogP contribution < -0.4 is 4.31 Å². The summed E-state index contributed by atoms with van der Waals surface area (Å²) in [6.45, 7) is 2.68. The zero-order valence-electron chi connectivity index (χ0n) is 14.2. The normalized spacial score (nSPS) is 11.2. The van der Waals surface area contributed by atoms with E-state index >= 15 is 0 Å². The van der Waals surface area contributed by atoms with E-state index in [1.165, 1.54) is 24.3 Å². The summed E-state index contributed by atoms with van der Waals surface area (Å²) in [6, 6.07) is 12.9. The third-order valence-electron chi connectivity index (χ3n) is 3.31. The van der Waals surface area contributed by atoms with Crippen molar-refractivity contribution in [3.8, 4) is 0 Å². The van der Waals surface area contributed by atoms with Crippen LogP contribution in [-0.4, -0.2) is 32.0 Å². The van der Waals surface area contributed by atoms with Crippen molar-refractivity contribution in [2.45, 2.75) is 24.8 Å². The zero-order chi connectivity index (χ0) is 19.3. The molecule has 0 amide bonds. The lowest BCUT2D eigenvalue weighted by Gasteiger charge is -2.24. The number of para-hydroxylation sites is 2. The number of hydrogen-bond donors (Lipinski definition) is 0. The summed E-state index contributed by atoms with van der Waals surface area (Å²) in [7, 11) is -4.37. The Morgan fingerprint density at radius 1 is 1.12 bits per heavy atom. The van der Waals surface area contributed by atoms with Crippen LogP contribution in [0, 0.1) is 10.1 Å². The van der Waals surface area contributed by atoms with Gasteiger partial charge in [-0.3, -0.25) is 19.2 Å². The number of anilines is 1. The number of carbonyl (C=O) groups excluding carboxylic acids is 1. The maximum Gasteiger partial charge on any atom is 0.327 e. The molecule has 0 saturated heterocycles. The van der Waals surface area contributed by atoms with Gasteiger partial charge in [-0.25, -0.2) is 8.42 Å². The van der Waals surface area contributed by atoms with Gasteiger partial charge in [0.15, 0.2) is 4.90 Å². The van der Waals surface area contributed by atoms with Crippen molar-refractivity contribution in [3.63, 3.8) is 0 Å². The molecule has 0 atom stereocenters. The molecule has 138 valence electrons. The summed E-state index contributed by atoms with van der Waals surface area (Å²) in [5.74, 6) is -0.758. The van der Waals surface area contributed by atoms with E-state index in [9.17, 15) is 23.3 Å². The van der Waals surface area contributed by atoms with Crippen LogP contribution in [0.15, 0.2) is 59.5 Å². The van der Waals surface area contributed by atoms with Crippen LogP contribution in [0.25, 0.3) is 0 Å². The van der Waals surface area contributed by atoms with Gasteiger partial charge in [-0.1, -0.05) is 30.3 Å². The molecule has 0 bridgehead atoms. The topological polar surface area (TPSA) is 107 Å². The van der Waals surface area contributed by atoms with Gasteiger partial charge in [0.25, 0.3) is 15.7 Å². The zero-order valence-corrected chi connectivity index (χ0v) is 15.0. The molecule has 0 aromatic heterocycles. The molecule has 0 radical (unpaired) electrons. The monoisotopic (exact) mass is 378 g/mol. The molecule has 9 heteroatoms. The van der Waals surface area contributed by atoms with Crippen molar-refractivity contribution in [2.24, 2.45) is 0 Å². The van der Waals surface area contributed by atoms with E-state index in [-0.39, 0.29) is 5.69 Å².